The molecule has 7 nitrogen and oxygen atoms in total. The quantitative estimate of drug-likeness (QED) is 0.772. The Morgan fingerprint density at radius 3 is 2.77 bits per heavy atom. The number of likely N-dealkylation sites (tertiary alicyclic amines) is 1. The number of benzene rings is 1. The molecule has 3 N–H and O–H groups in total. The van der Waals surface area contributed by atoms with Crippen LogP contribution in [0.1, 0.15) is 27.5 Å². The summed E-state index contributed by atoms with van der Waals surface area (Å²) in [5.41, 5.74) is 6.84. The molecule has 0 saturated carbocycles. The number of nitrogens with one attached hydrogen (secondary N) is 1. The zero-order valence-electron chi connectivity index (χ0n) is 14.3. The van der Waals surface area contributed by atoms with Gasteiger partial charge >= 0.3 is 0 Å². The number of hydrogen-bond donors (Lipinski definition) is 2. The van der Waals surface area contributed by atoms with E-state index >= 15 is 0 Å². The van der Waals surface area contributed by atoms with Gasteiger partial charge in [0.25, 0.3) is 5.91 Å². The average Bonchev–Trinajstić information content (AvgIpc) is 3.24. The van der Waals surface area contributed by atoms with Crippen molar-refractivity contribution in [2.24, 2.45) is 5.73 Å². The summed E-state index contributed by atoms with van der Waals surface area (Å²) in [5.74, 6) is 0.376. The van der Waals surface area contributed by atoms with Crippen molar-refractivity contribution in [3.05, 3.63) is 45.9 Å². The summed E-state index contributed by atoms with van der Waals surface area (Å²) in [7, 11) is 1.62. The van der Waals surface area contributed by atoms with Crippen LogP contribution in [0.3, 0.4) is 0 Å². The fraction of sp³-hybridized carbons (Fsp3) is 0.353. The SMILES string of the molecule is COc1ccc(CN2CCC(NC(=O)c3csc(CN)n3)C2=O)cc1.Cl. The highest BCUT2D eigenvalue weighted by molar-refractivity contribution is 7.09. The lowest BCUT2D eigenvalue weighted by Crippen LogP contribution is -2.41. The Balaban J connectivity index is 0.00000243. The third-order valence-corrected chi connectivity index (χ3v) is 4.97. The lowest BCUT2D eigenvalue weighted by atomic mass is 10.2. The molecule has 140 valence electrons. The number of nitrogens with two attached hydrogens (primary N) is 1. The van der Waals surface area contributed by atoms with E-state index in [1.165, 1.54) is 11.3 Å². The second-order valence-electron chi connectivity index (χ2n) is 5.75. The molecule has 0 bridgehead atoms. The monoisotopic (exact) mass is 396 g/mol. The molecule has 0 aliphatic carbocycles. The van der Waals surface area contributed by atoms with E-state index in [0.717, 1.165) is 11.3 Å². The molecule has 1 aromatic heterocycles. The smallest absolute Gasteiger partial charge is 0.271 e. The van der Waals surface area contributed by atoms with Crippen LogP contribution in [0, 0.1) is 0 Å². The molecule has 2 amide bonds. The van der Waals surface area contributed by atoms with Crippen molar-refractivity contribution >= 4 is 35.6 Å². The fourth-order valence-electron chi connectivity index (χ4n) is 2.72. The van der Waals surface area contributed by atoms with E-state index < -0.39 is 6.04 Å². The molecule has 0 radical (unpaired) electrons. The topological polar surface area (TPSA) is 97.6 Å². The summed E-state index contributed by atoms with van der Waals surface area (Å²) in [6.45, 7) is 1.43. The van der Waals surface area contributed by atoms with E-state index in [2.05, 4.69) is 10.3 Å². The molecule has 1 aliphatic rings. The van der Waals surface area contributed by atoms with Gasteiger partial charge < -0.3 is 20.7 Å². The number of carbonyl (C=O) groups excluding carboxylic acids is 2. The summed E-state index contributed by atoms with van der Waals surface area (Å²) in [4.78, 5) is 30.6. The van der Waals surface area contributed by atoms with Crippen molar-refractivity contribution < 1.29 is 14.3 Å². The molecule has 2 heterocycles. The van der Waals surface area contributed by atoms with E-state index in [4.69, 9.17) is 10.5 Å². The summed E-state index contributed by atoms with van der Waals surface area (Å²) >= 11 is 1.34. The van der Waals surface area contributed by atoms with Gasteiger partial charge in [-0.1, -0.05) is 12.1 Å². The Bertz CT molecular complexity index is 766. The third kappa shape index (κ3) is 4.51. The Hall–Kier alpha value is -2.16. The first-order valence-electron chi connectivity index (χ1n) is 7.97. The second kappa shape index (κ2) is 8.98. The zero-order chi connectivity index (χ0) is 17.8. The molecule has 1 fully saturated rings. The van der Waals surface area contributed by atoms with Crippen molar-refractivity contribution in [2.75, 3.05) is 13.7 Å². The fourth-order valence-corrected chi connectivity index (χ4v) is 3.38. The van der Waals surface area contributed by atoms with Gasteiger partial charge in [-0.3, -0.25) is 9.59 Å². The molecule has 1 aliphatic heterocycles. The first kappa shape index (κ1) is 20.2. The van der Waals surface area contributed by atoms with Crippen LogP contribution in [0.5, 0.6) is 5.75 Å². The van der Waals surface area contributed by atoms with Crippen molar-refractivity contribution in [2.45, 2.75) is 25.6 Å². The predicted octanol–water partition coefficient (Wildman–Crippen LogP) is 1.56. The minimum atomic E-state index is -0.506. The van der Waals surface area contributed by atoms with Crippen LogP contribution >= 0.6 is 23.7 Å². The molecular formula is C17H21ClN4O3S. The van der Waals surface area contributed by atoms with Crippen molar-refractivity contribution in [3.8, 4) is 5.75 Å². The van der Waals surface area contributed by atoms with Crippen molar-refractivity contribution in [1.29, 1.82) is 0 Å². The van der Waals surface area contributed by atoms with E-state index in [0.29, 0.717) is 36.8 Å². The summed E-state index contributed by atoms with van der Waals surface area (Å²) < 4.78 is 5.13. The lowest BCUT2D eigenvalue weighted by Gasteiger charge is -2.17. The van der Waals surface area contributed by atoms with Gasteiger partial charge in [-0.15, -0.1) is 23.7 Å². The molecule has 0 spiro atoms. The molecule has 3 rings (SSSR count). The number of aromatic nitrogens is 1. The Kier molecular flexibility index (Phi) is 6.96. The largest absolute Gasteiger partial charge is 0.497 e. The lowest BCUT2D eigenvalue weighted by molar-refractivity contribution is -0.129. The highest BCUT2D eigenvalue weighted by Crippen LogP contribution is 2.18. The number of halogens is 1. The maximum Gasteiger partial charge on any atom is 0.271 e. The van der Waals surface area contributed by atoms with Crippen molar-refractivity contribution in [3.63, 3.8) is 0 Å². The zero-order valence-corrected chi connectivity index (χ0v) is 15.9. The van der Waals surface area contributed by atoms with E-state index in [1.54, 1.807) is 17.4 Å². The van der Waals surface area contributed by atoms with Crippen molar-refractivity contribution in [1.82, 2.24) is 15.2 Å². The second-order valence-corrected chi connectivity index (χ2v) is 6.70. The summed E-state index contributed by atoms with van der Waals surface area (Å²) in [5, 5.41) is 5.13. The number of amides is 2. The Morgan fingerprint density at radius 2 is 2.15 bits per heavy atom. The van der Waals surface area contributed by atoms with Gasteiger partial charge in [0.15, 0.2) is 0 Å². The van der Waals surface area contributed by atoms with Gasteiger partial charge in [0.1, 0.15) is 22.5 Å². The van der Waals surface area contributed by atoms with Crippen LogP contribution in [-0.4, -0.2) is 41.4 Å². The number of thiazole rings is 1. The number of nitrogens with zero attached hydrogens (tertiary/aromatic N) is 2. The van der Waals surface area contributed by atoms with Gasteiger partial charge in [0.05, 0.1) is 7.11 Å². The predicted molar refractivity (Wildman–Crippen MR) is 102 cm³/mol. The maximum atomic E-state index is 12.5. The van der Waals surface area contributed by atoms with E-state index in [-0.39, 0.29) is 24.2 Å². The van der Waals surface area contributed by atoms with Gasteiger partial charge in [0.2, 0.25) is 5.91 Å². The number of methoxy groups -OCH3 is 1. The molecule has 2 aromatic rings. The van der Waals surface area contributed by atoms with Gasteiger partial charge in [-0.2, -0.15) is 0 Å². The molecule has 1 aromatic carbocycles. The Labute approximate surface area is 162 Å². The first-order valence-corrected chi connectivity index (χ1v) is 8.85. The Morgan fingerprint density at radius 1 is 1.42 bits per heavy atom. The van der Waals surface area contributed by atoms with Crippen LogP contribution in [0.25, 0.3) is 0 Å². The molecular weight excluding hydrogens is 376 g/mol. The van der Waals surface area contributed by atoms with Crippen LogP contribution in [0.15, 0.2) is 29.6 Å². The van der Waals surface area contributed by atoms with E-state index in [9.17, 15) is 9.59 Å². The summed E-state index contributed by atoms with van der Waals surface area (Å²) in [6.07, 6.45) is 0.592. The summed E-state index contributed by atoms with van der Waals surface area (Å²) in [6, 6.07) is 7.09. The molecule has 1 saturated heterocycles. The molecule has 26 heavy (non-hydrogen) atoms. The number of hydrogen-bond acceptors (Lipinski definition) is 6. The highest BCUT2D eigenvalue weighted by atomic mass is 35.5. The molecule has 1 unspecified atom stereocenters. The van der Waals surface area contributed by atoms with Gasteiger partial charge in [0, 0.05) is 25.0 Å². The number of rotatable bonds is 6. The third-order valence-electron chi connectivity index (χ3n) is 4.09. The van der Waals surface area contributed by atoms with Crippen LogP contribution < -0.4 is 15.8 Å². The highest BCUT2D eigenvalue weighted by Gasteiger charge is 2.33. The molecule has 1 atom stereocenters. The maximum absolute atomic E-state index is 12.5. The minimum Gasteiger partial charge on any atom is -0.497 e. The normalized spacial score (nSPS) is 16.3. The first-order chi connectivity index (χ1) is 12.1. The minimum absolute atomic E-state index is 0. The number of carbonyl (C=O) groups is 2. The van der Waals surface area contributed by atoms with Crippen LogP contribution in [0.2, 0.25) is 0 Å². The molecule has 9 heteroatoms. The van der Waals surface area contributed by atoms with Crippen LogP contribution in [0.4, 0.5) is 0 Å². The number of ether oxygens (including phenoxy) is 1. The standard InChI is InChI=1S/C17H20N4O3S.ClH/c1-24-12-4-2-11(3-5-12)9-21-7-6-13(17(21)23)20-16(22)14-10-25-15(8-18)19-14;/h2-5,10,13H,6-9,18H2,1H3,(H,20,22);1H. The average molecular weight is 397 g/mol. The van der Waals surface area contributed by atoms with Crippen LogP contribution in [-0.2, 0) is 17.9 Å². The van der Waals surface area contributed by atoms with E-state index in [1.807, 2.05) is 24.3 Å². The van der Waals surface area contributed by atoms with Gasteiger partial charge in [-0.05, 0) is 24.1 Å². The van der Waals surface area contributed by atoms with Gasteiger partial charge in [-0.25, -0.2) is 4.98 Å².